The first kappa shape index (κ1) is 9.39. The molecule has 2 N–H and O–H groups in total. The van der Waals surface area contributed by atoms with E-state index in [2.05, 4.69) is 34.5 Å². The summed E-state index contributed by atoms with van der Waals surface area (Å²) in [6.45, 7) is 0. The van der Waals surface area contributed by atoms with E-state index in [1.54, 1.807) is 0 Å². The van der Waals surface area contributed by atoms with Gasteiger partial charge in [0, 0.05) is 5.92 Å². The number of nitrogens with zero attached hydrogens (tertiary/aromatic N) is 2. The zero-order chi connectivity index (χ0) is 11.0. The second kappa shape index (κ2) is 3.63. The van der Waals surface area contributed by atoms with E-state index in [4.69, 9.17) is 10.2 Å². The molecule has 4 heteroatoms. The number of hydrogen-bond donors (Lipinski definition) is 1. The van der Waals surface area contributed by atoms with Crippen molar-refractivity contribution in [3.8, 4) is 0 Å². The molecule has 0 bridgehead atoms. The minimum Gasteiger partial charge on any atom is -0.408 e. The Morgan fingerprint density at radius 1 is 1.19 bits per heavy atom. The van der Waals surface area contributed by atoms with Crippen molar-refractivity contribution in [2.75, 3.05) is 5.73 Å². The highest BCUT2D eigenvalue weighted by molar-refractivity contribution is 5.31. The second-order valence-corrected chi connectivity index (χ2v) is 4.19. The molecule has 0 saturated heterocycles. The lowest BCUT2D eigenvalue weighted by Crippen LogP contribution is -2.12. The lowest BCUT2D eigenvalue weighted by molar-refractivity contribution is 0.428. The van der Waals surface area contributed by atoms with Crippen LogP contribution in [0, 0.1) is 0 Å². The van der Waals surface area contributed by atoms with E-state index < -0.39 is 0 Å². The molecule has 1 aliphatic rings. The average Bonchev–Trinajstić information content (AvgIpc) is 2.75. The Morgan fingerprint density at radius 3 is 2.75 bits per heavy atom. The third kappa shape index (κ3) is 1.56. The third-order valence-corrected chi connectivity index (χ3v) is 3.15. The predicted octanol–water partition coefficient (Wildman–Crippen LogP) is 1.92. The van der Waals surface area contributed by atoms with Gasteiger partial charge in [-0.3, -0.25) is 0 Å². The zero-order valence-corrected chi connectivity index (χ0v) is 8.89. The lowest BCUT2D eigenvalue weighted by atomic mass is 9.84. The molecule has 0 fully saturated rings. The Hall–Kier alpha value is -1.84. The van der Waals surface area contributed by atoms with Crippen molar-refractivity contribution < 1.29 is 4.42 Å². The van der Waals surface area contributed by atoms with Crippen LogP contribution >= 0.6 is 0 Å². The van der Waals surface area contributed by atoms with Crippen molar-refractivity contribution in [2.45, 2.75) is 25.2 Å². The van der Waals surface area contributed by atoms with Gasteiger partial charge in [-0.2, -0.15) is 0 Å². The molecular weight excluding hydrogens is 202 g/mol. The quantitative estimate of drug-likeness (QED) is 0.789. The normalized spacial score (nSPS) is 19.4. The van der Waals surface area contributed by atoms with E-state index in [9.17, 15) is 0 Å². The number of aryl methyl sites for hydroxylation is 1. The summed E-state index contributed by atoms with van der Waals surface area (Å²) >= 11 is 0. The topological polar surface area (TPSA) is 64.9 Å². The van der Waals surface area contributed by atoms with Crippen LogP contribution in [0.2, 0.25) is 0 Å². The van der Waals surface area contributed by atoms with Crippen LogP contribution in [0.25, 0.3) is 0 Å². The maximum absolute atomic E-state index is 5.44. The Bertz CT molecular complexity index is 506. The van der Waals surface area contributed by atoms with Crippen molar-refractivity contribution in [1.82, 2.24) is 10.2 Å². The molecule has 0 amide bonds. The van der Waals surface area contributed by atoms with Gasteiger partial charge in [-0.25, -0.2) is 0 Å². The van der Waals surface area contributed by atoms with Crippen LogP contribution in [-0.2, 0) is 12.8 Å². The fourth-order valence-electron chi connectivity index (χ4n) is 2.32. The number of nitrogen functional groups attached to an aromatic ring is 1. The summed E-state index contributed by atoms with van der Waals surface area (Å²) in [6, 6.07) is 8.68. The minimum atomic E-state index is 0.161. The van der Waals surface area contributed by atoms with Crippen LogP contribution in [0.3, 0.4) is 0 Å². The minimum absolute atomic E-state index is 0.161. The molecule has 4 nitrogen and oxygen atoms in total. The highest BCUT2D eigenvalue weighted by Gasteiger charge is 2.23. The van der Waals surface area contributed by atoms with E-state index in [1.165, 1.54) is 11.1 Å². The molecule has 0 spiro atoms. The Kier molecular flexibility index (Phi) is 2.13. The van der Waals surface area contributed by atoms with E-state index in [0.717, 1.165) is 19.3 Å². The van der Waals surface area contributed by atoms with Crippen molar-refractivity contribution in [3.05, 3.63) is 41.3 Å². The maximum atomic E-state index is 5.44. The van der Waals surface area contributed by atoms with Crippen LogP contribution in [0.5, 0.6) is 0 Å². The summed E-state index contributed by atoms with van der Waals surface area (Å²) in [7, 11) is 0. The number of rotatable bonds is 1. The van der Waals surface area contributed by atoms with Gasteiger partial charge < -0.3 is 10.2 Å². The van der Waals surface area contributed by atoms with Gasteiger partial charge in [-0.15, -0.1) is 5.10 Å². The SMILES string of the molecule is Nc1nnc(C2CCc3ccccc3C2)o1. The molecule has 3 rings (SSSR count). The third-order valence-electron chi connectivity index (χ3n) is 3.15. The molecule has 1 aliphatic carbocycles. The smallest absolute Gasteiger partial charge is 0.312 e. The molecule has 1 atom stereocenters. The molecule has 82 valence electrons. The molecule has 16 heavy (non-hydrogen) atoms. The standard InChI is InChI=1S/C12H13N3O/c13-12-15-14-11(16-12)10-6-5-8-3-1-2-4-9(8)7-10/h1-4,10H,5-7H2,(H2,13,15). The second-order valence-electron chi connectivity index (χ2n) is 4.19. The fourth-order valence-corrected chi connectivity index (χ4v) is 2.32. The van der Waals surface area contributed by atoms with Crippen molar-refractivity contribution in [1.29, 1.82) is 0 Å². The summed E-state index contributed by atoms with van der Waals surface area (Å²) < 4.78 is 5.29. The van der Waals surface area contributed by atoms with Crippen LogP contribution in [-0.4, -0.2) is 10.2 Å². The van der Waals surface area contributed by atoms with Crippen LogP contribution in [0.1, 0.15) is 29.4 Å². The Balaban J connectivity index is 1.88. The summed E-state index contributed by atoms with van der Waals surface area (Å²) in [5.41, 5.74) is 8.26. The monoisotopic (exact) mass is 215 g/mol. The van der Waals surface area contributed by atoms with Crippen LogP contribution in [0.15, 0.2) is 28.7 Å². The Morgan fingerprint density at radius 2 is 2.00 bits per heavy atom. The molecular formula is C12H13N3O. The zero-order valence-electron chi connectivity index (χ0n) is 8.89. The molecule has 1 heterocycles. The van der Waals surface area contributed by atoms with E-state index >= 15 is 0 Å². The first-order valence-electron chi connectivity index (χ1n) is 5.48. The Labute approximate surface area is 93.5 Å². The largest absolute Gasteiger partial charge is 0.408 e. The first-order chi connectivity index (χ1) is 7.83. The molecule has 0 saturated carbocycles. The van der Waals surface area contributed by atoms with Crippen molar-refractivity contribution >= 4 is 6.01 Å². The maximum Gasteiger partial charge on any atom is 0.312 e. The first-order valence-corrected chi connectivity index (χ1v) is 5.48. The number of fused-ring (bicyclic) bond motifs is 1. The van der Waals surface area contributed by atoms with Gasteiger partial charge in [-0.05, 0) is 30.4 Å². The van der Waals surface area contributed by atoms with Gasteiger partial charge in [0.15, 0.2) is 0 Å². The number of nitrogens with two attached hydrogens (primary N) is 1. The molecule has 1 aromatic carbocycles. The van der Waals surface area contributed by atoms with Crippen LogP contribution in [0.4, 0.5) is 6.01 Å². The van der Waals surface area contributed by atoms with E-state index in [-0.39, 0.29) is 6.01 Å². The molecule has 1 unspecified atom stereocenters. The van der Waals surface area contributed by atoms with Crippen LogP contribution < -0.4 is 5.73 Å². The summed E-state index contributed by atoms with van der Waals surface area (Å²) in [4.78, 5) is 0. The summed E-state index contributed by atoms with van der Waals surface area (Å²) in [5.74, 6) is 0.992. The molecule has 0 aliphatic heterocycles. The summed E-state index contributed by atoms with van der Waals surface area (Å²) in [5, 5.41) is 7.68. The van der Waals surface area contributed by atoms with Gasteiger partial charge in [0.05, 0.1) is 0 Å². The average molecular weight is 215 g/mol. The molecule has 0 radical (unpaired) electrons. The molecule has 1 aromatic heterocycles. The van der Waals surface area contributed by atoms with Gasteiger partial charge in [0.25, 0.3) is 0 Å². The number of aromatic nitrogens is 2. The number of anilines is 1. The fraction of sp³-hybridized carbons (Fsp3) is 0.333. The van der Waals surface area contributed by atoms with Crippen molar-refractivity contribution in [3.63, 3.8) is 0 Å². The predicted molar refractivity (Wildman–Crippen MR) is 59.9 cm³/mol. The molecule has 2 aromatic rings. The van der Waals surface area contributed by atoms with E-state index in [0.29, 0.717) is 11.8 Å². The number of hydrogen-bond acceptors (Lipinski definition) is 4. The van der Waals surface area contributed by atoms with Gasteiger partial charge in [0.1, 0.15) is 0 Å². The number of benzene rings is 1. The van der Waals surface area contributed by atoms with Gasteiger partial charge in [0.2, 0.25) is 5.89 Å². The van der Waals surface area contributed by atoms with Crippen molar-refractivity contribution in [2.24, 2.45) is 0 Å². The van der Waals surface area contributed by atoms with Gasteiger partial charge >= 0.3 is 6.01 Å². The highest BCUT2D eigenvalue weighted by Crippen LogP contribution is 2.31. The lowest BCUT2D eigenvalue weighted by Gasteiger charge is -2.21. The van der Waals surface area contributed by atoms with Gasteiger partial charge in [-0.1, -0.05) is 29.4 Å². The highest BCUT2D eigenvalue weighted by atomic mass is 16.4. The summed E-state index contributed by atoms with van der Waals surface area (Å²) in [6.07, 6.45) is 3.10. The van der Waals surface area contributed by atoms with E-state index in [1.807, 2.05) is 0 Å².